The largest absolute Gasteiger partial charge is 0.493 e. The molecule has 2 heterocycles. The van der Waals surface area contributed by atoms with Gasteiger partial charge in [-0.05, 0) is 41.5 Å². The third-order valence-corrected chi connectivity index (χ3v) is 5.53. The maximum Gasteiger partial charge on any atom is 0.254 e. The van der Waals surface area contributed by atoms with Gasteiger partial charge in [0.1, 0.15) is 5.82 Å². The molecule has 2 aromatic carbocycles. The highest BCUT2D eigenvalue weighted by molar-refractivity contribution is 6.04. The molecule has 4 rings (SSSR count). The molecule has 0 bridgehead atoms. The minimum atomic E-state index is -0.640. The number of pyridine rings is 1. The number of ether oxygens (including phenoxy) is 2. The van der Waals surface area contributed by atoms with E-state index in [1.54, 1.807) is 68.8 Å². The van der Waals surface area contributed by atoms with E-state index in [9.17, 15) is 9.59 Å². The molecule has 1 aliphatic heterocycles. The van der Waals surface area contributed by atoms with Gasteiger partial charge in [-0.25, -0.2) is 4.98 Å². The van der Waals surface area contributed by atoms with E-state index in [-0.39, 0.29) is 11.8 Å². The van der Waals surface area contributed by atoms with Gasteiger partial charge in [-0.15, -0.1) is 0 Å². The number of likely N-dealkylation sites (N-methyl/N-ethyl adjacent to an activating group) is 1. The Labute approximate surface area is 180 Å². The number of nitrogens with zero attached hydrogens (tertiary/aromatic N) is 2. The number of carbonyl (C=O) groups excluding carboxylic acids is 2. The summed E-state index contributed by atoms with van der Waals surface area (Å²) < 4.78 is 10.8. The number of hydrogen-bond donors (Lipinski definition) is 1. The summed E-state index contributed by atoms with van der Waals surface area (Å²) >= 11 is 0. The normalized spacial score (nSPS) is 17.6. The number of amides is 2. The molecule has 1 aliphatic rings. The van der Waals surface area contributed by atoms with E-state index in [4.69, 9.17) is 9.47 Å². The lowest BCUT2D eigenvalue weighted by molar-refractivity contribution is -0.119. The Bertz CT molecular complexity index is 1120. The van der Waals surface area contributed by atoms with E-state index in [1.807, 2.05) is 24.3 Å². The van der Waals surface area contributed by atoms with Crippen LogP contribution in [0.25, 0.3) is 0 Å². The van der Waals surface area contributed by atoms with Crippen molar-refractivity contribution in [1.29, 1.82) is 0 Å². The zero-order chi connectivity index (χ0) is 22.0. The smallest absolute Gasteiger partial charge is 0.254 e. The van der Waals surface area contributed by atoms with E-state index >= 15 is 0 Å². The molecule has 0 aliphatic carbocycles. The number of anilines is 1. The average molecular weight is 417 g/mol. The molecule has 2 atom stereocenters. The fourth-order valence-electron chi connectivity index (χ4n) is 4.05. The SMILES string of the molecule is COc1ccc([C@H]2[C@H](C(=O)Nc3ccccn3)c3ccccc3C(=O)N2C)cc1OC. The molecule has 0 saturated heterocycles. The van der Waals surface area contributed by atoms with Crippen LogP contribution < -0.4 is 14.8 Å². The Morgan fingerprint density at radius 1 is 1.00 bits per heavy atom. The second-order valence-electron chi connectivity index (χ2n) is 7.24. The number of rotatable bonds is 5. The number of fused-ring (bicyclic) bond motifs is 1. The number of nitrogens with one attached hydrogen (secondary N) is 1. The van der Waals surface area contributed by atoms with E-state index in [2.05, 4.69) is 10.3 Å². The maximum absolute atomic E-state index is 13.5. The number of benzene rings is 2. The van der Waals surface area contributed by atoms with Gasteiger partial charge in [0.05, 0.1) is 26.2 Å². The van der Waals surface area contributed by atoms with E-state index in [0.29, 0.717) is 28.4 Å². The van der Waals surface area contributed by atoms with E-state index in [1.165, 1.54) is 0 Å². The van der Waals surface area contributed by atoms with Crippen LogP contribution in [-0.2, 0) is 4.79 Å². The predicted molar refractivity (Wildman–Crippen MR) is 116 cm³/mol. The number of aromatic nitrogens is 1. The first-order valence-corrected chi connectivity index (χ1v) is 9.85. The standard InChI is InChI=1S/C24H23N3O4/c1-27-22(15-11-12-18(30-2)19(14-15)31-3)21(16-8-4-5-9-17(16)24(27)29)23(28)26-20-10-6-7-13-25-20/h4-14,21-22H,1-3H3,(H,25,26,28)/t21-,22+/m1/s1. The van der Waals surface area contributed by atoms with Crippen molar-refractivity contribution in [1.82, 2.24) is 9.88 Å². The summed E-state index contributed by atoms with van der Waals surface area (Å²) in [7, 11) is 4.83. The summed E-state index contributed by atoms with van der Waals surface area (Å²) in [5, 5.41) is 2.89. The lowest BCUT2D eigenvalue weighted by Crippen LogP contribution is -2.44. The maximum atomic E-state index is 13.5. The van der Waals surface area contributed by atoms with Crippen LogP contribution in [0, 0.1) is 0 Å². The van der Waals surface area contributed by atoms with Gasteiger partial charge < -0.3 is 19.7 Å². The quantitative estimate of drug-likeness (QED) is 0.685. The van der Waals surface area contributed by atoms with Gasteiger partial charge in [0, 0.05) is 18.8 Å². The van der Waals surface area contributed by atoms with Crippen molar-refractivity contribution in [2.75, 3.05) is 26.6 Å². The molecular weight excluding hydrogens is 394 g/mol. The molecule has 31 heavy (non-hydrogen) atoms. The molecule has 1 aromatic heterocycles. The van der Waals surface area contributed by atoms with Crippen LogP contribution >= 0.6 is 0 Å². The first-order chi connectivity index (χ1) is 15.0. The summed E-state index contributed by atoms with van der Waals surface area (Å²) in [5.41, 5.74) is 1.96. The van der Waals surface area contributed by atoms with Crippen molar-refractivity contribution >= 4 is 17.6 Å². The zero-order valence-electron chi connectivity index (χ0n) is 17.5. The highest BCUT2D eigenvalue weighted by Gasteiger charge is 2.42. The van der Waals surface area contributed by atoms with Gasteiger partial charge in [0.15, 0.2) is 11.5 Å². The van der Waals surface area contributed by atoms with Gasteiger partial charge in [-0.2, -0.15) is 0 Å². The lowest BCUT2D eigenvalue weighted by Gasteiger charge is -2.39. The molecule has 0 unspecified atom stereocenters. The van der Waals surface area contributed by atoms with Crippen LogP contribution in [0.4, 0.5) is 5.82 Å². The van der Waals surface area contributed by atoms with Gasteiger partial charge in [-0.1, -0.05) is 30.3 Å². The molecule has 2 amide bonds. The minimum absolute atomic E-state index is 0.141. The first kappa shape index (κ1) is 20.4. The topological polar surface area (TPSA) is 80.8 Å². The van der Waals surface area contributed by atoms with Crippen LogP contribution in [0.3, 0.4) is 0 Å². The molecule has 158 valence electrons. The van der Waals surface area contributed by atoms with Crippen molar-refractivity contribution in [3.63, 3.8) is 0 Å². The van der Waals surface area contributed by atoms with Gasteiger partial charge in [-0.3, -0.25) is 9.59 Å². The Morgan fingerprint density at radius 2 is 1.74 bits per heavy atom. The van der Waals surface area contributed by atoms with Crippen molar-refractivity contribution in [2.45, 2.75) is 12.0 Å². The van der Waals surface area contributed by atoms with E-state index in [0.717, 1.165) is 5.56 Å². The fourth-order valence-corrected chi connectivity index (χ4v) is 4.05. The summed E-state index contributed by atoms with van der Waals surface area (Å²) in [6.07, 6.45) is 1.62. The second-order valence-corrected chi connectivity index (χ2v) is 7.24. The Hall–Kier alpha value is -3.87. The summed E-state index contributed by atoms with van der Waals surface area (Å²) in [5.74, 6) is 0.534. The third-order valence-electron chi connectivity index (χ3n) is 5.53. The number of carbonyl (C=O) groups is 2. The molecular formula is C24H23N3O4. The van der Waals surface area contributed by atoms with Crippen molar-refractivity contribution < 1.29 is 19.1 Å². The predicted octanol–water partition coefficient (Wildman–Crippen LogP) is 3.65. The number of hydrogen-bond acceptors (Lipinski definition) is 5. The van der Waals surface area contributed by atoms with Gasteiger partial charge in [0.25, 0.3) is 5.91 Å². The Balaban J connectivity index is 1.83. The molecule has 0 saturated carbocycles. The highest BCUT2D eigenvalue weighted by Crippen LogP contribution is 2.44. The lowest BCUT2D eigenvalue weighted by atomic mass is 9.79. The first-order valence-electron chi connectivity index (χ1n) is 9.85. The Morgan fingerprint density at radius 3 is 2.45 bits per heavy atom. The van der Waals surface area contributed by atoms with Crippen molar-refractivity contribution in [3.05, 3.63) is 83.6 Å². The van der Waals surface area contributed by atoms with Gasteiger partial charge >= 0.3 is 0 Å². The summed E-state index contributed by atoms with van der Waals surface area (Å²) in [6, 6.07) is 17.4. The van der Waals surface area contributed by atoms with Crippen molar-refractivity contribution in [3.8, 4) is 11.5 Å². The molecule has 7 heteroatoms. The van der Waals surface area contributed by atoms with Crippen LogP contribution in [-0.4, -0.2) is 43.0 Å². The third kappa shape index (κ3) is 3.70. The van der Waals surface area contributed by atoms with Gasteiger partial charge in [0.2, 0.25) is 5.91 Å². The molecule has 1 N–H and O–H groups in total. The van der Waals surface area contributed by atoms with Crippen molar-refractivity contribution in [2.24, 2.45) is 0 Å². The highest BCUT2D eigenvalue weighted by atomic mass is 16.5. The Kier molecular flexibility index (Phi) is 5.58. The molecule has 3 aromatic rings. The van der Waals surface area contributed by atoms with Crippen LogP contribution in [0.5, 0.6) is 11.5 Å². The summed E-state index contributed by atoms with van der Waals surface area (Å²) in [4.78, 5) is 32.4. The number of methoxy groups -OCH3 is 2. The molecule has 0 fully saturated rings. The zero-order valence-corrected chi connectivity index (χ0v) is 17.5. The average Bonchev–Trinajstić information content (AvgIpc) is 2.81. The minimum Gasteiger partial charge on any atom is -0.493 e. The van der Waals surface area contributed by atoms with Crippen LogP contribution in [0.15, 0.2) is 66.9 Å². The fraction of sp³-hybridized carbons (Fsp3) is 0.208. The van der Waals surface area contributed by atoms with Crippen LogP contribution in [0.2, 0.25) is 0 Å². The molecule has 7 nitrogen and oxygen atoms in total. The summed E-state index contributed by atoms with van der Waals surface area (Å²) in [6.45, 7) is 0. The van der Waals surface area contributed by atoms with E-state index < -0.39 is 12.0 Å². The monoisotopic (exact) mass is 417 g/mol. The molecule has 0 radical (unpaired) electrons. The molecule has 0 spiro atoms. The second kappa shape index (κ2) is 8.47. The van der Waals surface area contributed by atoms with Crippen LogP contribution in [0.1, 0.15) is 33.4 Å².